The van der Waals surface area contributed by atoms with Gasteiger partial charge in [0.05, 0.1) is 24.1 Å². The zero-order chi connectivity index (χ0) is 16.5. The van der Waals surface area contributed by atoms with Gasteiger partial charge in [-0.2, -0.15) is 4.31 Å². The van der Waals surface area contributed by atoms with Gasteiger partial charge in [0.15, 0.2) is 0 Å². The van der Waals surface area contributed by atoms with Gasteiger partial charge in [0.2, 0.25) is 10.0 Å². The highest BCUT2D eigenvalue weighted by Gasteiger charge is 2.51. The van der Waals surface area contributed by atoms with Crippen LogP contribution in [-0.4, -0.2) is 54.9 Å². The molecule has 1 spiro atoms. The number of aryl methyl sites for hydroxylation is 1. The molecule has 3 rings (SSSR count). The summed E-state index contributed by atoms with van der Waals surface area (Å²) in [7, 11) is -3.11. The van der Waals surface area contributed by atoms with Crippen LogP contribution in [0.2, 0.25) is 0 Å². The predicted molar refractivity (Wildman–Crippen MR) is 86.5 cm³/mol. The van der Waals surface area contributed by atoms with E-state index in [0.29, 0.717) is 26.3 Å². The van der Waals surface area contributed by atoms with Crippen LogP contribution in [0, 0.1) is 6.92 Å². The molecule has 0 aromatic carbocycles. The van der Waals surface area contributed by atoms with Crippen molar-refractivity contribution in [3.63, 3.8) is 0 Å². The molecule has 6 nitrogen and oxygen atoms in total. The van der Waals surface area contributed by atoms with Crippen LogP contribution in [-0.2, 0) is 26.1 Å². The second-order valence-corrected chi connectivity index (χ2v) is 8.69. The van der Waals surface area contributed by atoms with Crippen LogP contribution in [0.25, 0.3) is 0 Å². The van der Waals surface area contributed by atoms with Gasteiger partial charge in [-0.05, 0) is 37.5 Å². The normalized spacial score (nSPS) is 24.5. The fraction of sp³-hybridized carbons (Fsp3) is 0.688. The van der Waals surface area contributed by atoms with E-state index in [1.165, 1.54) is 9.87 Å². The van der Waals surface area contributed by atoms with Gasteiger partial charge < -0.3 is 9.47 Å². The Labute approximate surface area is 137 Å². The molecule has 2 aliphatic rings. The summed E-state index contributed by atoms with van der Waals surface area (Å²) in [6.07, 6.45) is 5.32. The Hall–Kier alpha value is -1.02. The first kappa shape index (κ1) is 16.8. The molecule has 1 atom stereocenters. The Morgan fingerprint density at radius 1 is 1.48 bits per heavy atom. The fourth-order valence-corrected chi connectivity index (χ4v) is 4.41. The molecule has 2 fully saturated rings. The van der Waals surface area contributed by atoms with Crippen LogP contribution in [0.4, 0.5) is 0 Å². The second kappa shape index (κ2) is 6.47. The number of ether oxygens (including phenoxy) is 2. The third-order valence-corrected chi connectivity index (χ3v) is 6.53. The van der Waals surface area contributed by atoms with E-state index in [-0.39, 0.29) is 17.5 Å². The number of sulfonamides is 1. The minimum absolute atomic E-state index is 0.106. The lowest BCUT2D eigenvalue weighted by atomic mass is 9.86. The van der Waals surface area contributed by atoms with Crippen molar-refractivity contribution < 1.29 is 17.9 Å². The number of aromatic nitrogens is 1. The van der Waals surface area contributed by atoms with Crippen molar-refractivity contribution in [3.8, 4) is 0 Å². The topological polar surface area (TPSA) is 68.7 Å². The number of hydrogen-bond donors (Lipinski definition) is 0. The predicted octanol–water partition coefficient (Wildman–Crippen LogP) is 1.49. The molecule has 0 saturated carbocycles. The Kier molecular flexibility index (Phi) is 4.73. The highest BCUT2D eigenvalue weighted by molar-refractivity contribution is 7.89. The van der Waals surface area contributed by atoms with Crippen molar-refractivity contribution in [3.05, 3.63) is 29.6 Å². The zero-order valence-electron chi connectivity index (χ0n) is 13.7. The van der Waals surface area contributed by atoms with Crippen molar-refractivity contribution in [1.29, 1.82) is 0 Å². The second-order valence-electron chi connectivity index (χ2n) is 6.43. The van der Waals surface area contributed by atoms with Gasteiger partial charge in [0.1, 0.15) is 0 Å². The summed E-state index contributed by atoms with van der Waals surface area (Å²) < 4.78 is 37.2. The lowest BCUT2D eigenvalue weighted by Gasteiger charge is -2.52. The zero-order valence-corrected chi connectivity index (χ0v) is 14.5. The smallest absolute Gasteiger partial charge is 0.214 e. The van der Waals surface area contributed by atoms with Crippen molar-refractivity contribution >= 4 is 10.0 Å². The molecule has 1 aromatic rings. The van der Waals surface area contributed by atoms with Gasteiger partial charge in [-0.3, -0.25) is 4.98 Å². The van der Waals surface area contributed by atoms with Crippen LogP contribution in [0.1, 0.15) is 30.9 Å². The third-order valence-electron chi connectivity index (χ3n) is 4.76. The summed E-state index contributed by atoms with van der Waals surface area (Å²) in [6.45, 7) is 5.79. The first-order valence-electron chi connectivity index (χ1n) is 8.07. The molecule has 23 heavy (non-hydrogen) atoms. The standard InChI is InChI=1S/C16H24N2O4S/c1-3-23(19,20)18-11-16(12-18)8-15(5-7-22-16)21-10-14-9-17-6-4-13(14)2/h4,6,9,15H,3,5,7-8,10-12H2,1-2H3. The molecule has 1 unspecified atom stereocenters. The molecular weight excluding hydrogens is 316 g/mol. The summed E-state index contributed by atoms with van der Waals surface area (Å²) in [5.74, 6) is 0.142. The summed E-state index contributed by atoms with van der Waals surface area (Å²) >= 11 is 0. The summed E-state index contributed by atoms with van der Waals surface area (Å²) in [5.41, 5.74) is 1.91. The first-order valence-corrected chi connectivity index (χ1v) is 9.68. The molecular formula is C16H24N2O4S. The lowest BCUT2D eigenvalue weighted by Crippen LogP contribution is -2.67. The van der Waals surface area contributed by atoms with E-state index in [9.17, 15) is 8.42 Å². The van der Waals surface area contributed by atoms with Gasteiger partial charge in [-0.15, -0.1) is 0 Å². The van der Waals surface area contributed by atoms with E-state index >= 15 is 0 Å². The van der Waals surface area contributed by atoms with E-state index in [1.54, 1.807) is 13.1 Å². The number of nitrogens with zero attached hydrogens (tertiary/aromatic N) is 2. The van der Waals surface area contributed by atoms with Crippen molar-refractivity contribution in [2.24, 2.45) is 0 Å². The van der Waals surface area contributed by atoms with Crippen molar-refractivity contribution in [2.45, 2.75) is 45.0 Å². The van der Waals surface area contributed by atoms with E-state index in [4.69, 9.17) is 9.47 Å². The quantitative estimate of drug-likeness (QED) is 0.812. The Morgan fingerprint density at radius 2 is 2.26 bits per heavy atom. The van der Waals surface area contributed by atoms with Gasteiger partial charge in [0, 0.05) is 38.5 Å². The largest absolute Gasteiger partial charge is 0.373 e. The summed E-state index contributed by atoms with van der Waals surface area (Å²) in [4.78, 5) is 4.13. The minimum atomic E-state index is -3.11. The van der Waals surface area contributed by atoms with Crippen molar-refractivity contribution in [1.82, 2.24) is 9.29 Å². The fourth-order valence-electron chi connectivity index (χ4n) is 3.18. The number of rotatable bonds is 5. The maximum Gasteiger partial charge on any atom is 0.214 e. The molecule has 2 aliphatic heterocycles. The molecule has 0 N–H and O–H groups in total. The third kappa shape index (κ3) is 3.57. The Morgan fingerprint density at radius 3 is 2.96 bits per heavy atom. The van der Waals surface area contributed by atoms with Crippen molar-refractivity contribution in [2.75, 3.05) is 25.4 Å². The lowest BCUT2D eigenvalue weighted by molar-refractivity contribution is -0.180. The Balaban J connectivity index is 1.55. The van der Waals surface area contributed by atoms with Crippen LogP contribution < -0.4 is 0 Å². The van der Waals surface area contributed by atoms with Crippen LogP contribution in [0.5, 0.6) is 0 Å². The van der Waals surface area contributed by atoms with Gasteiger partial charge >= 0.3 is 0 Å². The minimum Gasteiger partial charge on any atom is -0.373 e. The van der Waals surface area contributed by atoms with Crippen LogP contribution in [0.3, 0.4) is 0 Å². The molecule has 128 valence electrons. The van der Waals surface area contributed by atoms with E-state index < -0.39 is 10.0 Å². The monoisotopic (exact) mass is 340 g/mol. The summed E-state index contributed by atoms with van der Waals surface area (Å²) in [6, 6.07) is 1.98. The maximum absolute atomic E-state index is 11.9. The average molecular weight is 340 g/mol. The molecule has 0 aliphatic carbocycles. The SMILES string of the molecule is CCS(=O)(=O)N1CC2(CC(OCc3cnccc3C)CCO2)C1. The molecule has 2 saturated heterocycles. The molecule has 7 heteroatoms. The molecule has 0 amide bonds. The highest BCUT2D eigenvalue weighted by atomic mass is 32.2. The summed E-state index contributed by atoms with van der Waals surface area (Å²) in [5, 5.41) is 0. The molecule has 3 heterocycles. The Bertz CT molecular complexity index is 656. The number of pyridine rings is 1. The maximum atomic E-state index is 11.9. The highest BCUT2D eigenvalue weighted by Crippen LogP contribution is 2.37. The molecule has 0 bridgehead atoms. The van der Waals surface area contributed by atoms with Crippen LogP contribution in [0.15, 0.2) is 18.5 Å². The van der Waals surface area contributed by atoms with Gasteiger partial charge in [-0.25, -0.2) is 8.42 Å². The molecule has 1 aromatic heterocycles. The van der Waals surface area contributed by atoms with Gasteiger partial charge in [0.25, 0.3) is 0 Å². The van der Waals surface area contributed by atoms with Crippen LogP contribution >= 0.6 is 0 Å². The van der Waals surface area contributed by atoms with E-state index in [0.717, 1.165) is 18.4 Å². The first-order chi connectivity index (χ1) is 10.9. The number of hydrogen-bond acceptors (Lipinski definition) is 5. The molecule has 0 radical (unpaired) electrons. The van der Waals surface area contributed by atoms with E-state index in [2.05, 4.69) is 4.98 Å². The average Bonchev–Trinajstić information content (AvgIpc) is 2.52. The van der Waals surface area contributed by atoms with E-state index in [1.807, 2.05) is 19.2 Å². The van der Waals surface area contributed by atoms with Gasteiger partial charge in [-0.1, -0.05) is 0 Å².